The van der Waals surface area contributed by atoms with Crippen LogP contribution in [-0.2, 0) is 0 Å². The molecule has 4 nitrogen and oxygen atoms in total. The monoisotopic (exact) mass is 339 g/mol. The molecule has 0 saturated carbocycles. The van der Waals surface area contributed by atoms with E-state index < -0.39 is 11.7 Å². The van der Waals surface area contributed by atoms with Crippen LogP contribution in [0.15, 0.2) is 48.5 Å². The Morgan fingerprint density at radius 1 is 1.08 bits per heavy atom. The Morgan fingerprint density at radius 3 is 2.36 bits per heavy atom. The maximum Gasteiger partial charge on any atom is 0.131 e. The second-order valence-corrected chi connectivity index (χ2v) is 7.06. The standard InChI is InChI=1S/C21H25NO3/c1-21(2)13-18(17-11-10-16(24-5)12-19(17)25-21)20(23)14-6-8-15(9-7-14)22(3)4/h6-13,20,23H,1-5H3. The van der Waals surface area contributed by atoms with E-state index in [9.17, 15) is 5.11 Å². The highest BCUT2D eigenvalue weighted by atomic mass is 16.5. The highest BCUT2D eigenvalue weighted by Crippen LogP contribution is 2.43. The highest BCUT2D eigenvalue weighted by molar-refractivity contribution is 5.77. The SMILES string of the molecule is COc1ccc2c(c1)OC(C)(C)C=C2C(O)c1ccc(N(C)C)cc1. The Hall–Kier alpha value is -2.46. The van der Waals surface area contributed by atoms with Gasteiger partial charge in [-0.1, -0.05) is 12.1 Å². The van der Waals surface area contributed by atoms with Crippen molar-refractivity contribution in [2.45, 2.75) is 25.6 Å². The number of fused-ring (bicyclic) bond motifs is 1. The van der Waals surface area contributed by atoms with Crippen molar-refractivity contribution in [3.8, 4) is 11.5 Å². The summed E-state index contributed by atoms with van der Waals surface area (Å²) in [5.41, 5.74) is 3.20. The van der Waals surface area contributed by atoms with Crippen LogP contribution in [0.1, 0.15) is 31.1 Å². The van der Waals surface area contributed by atoms with Crippen LogP contribution in [0, 0.1) is 0 Å². The molecule has 0 saturated heterocycles. The third kappa shape index (κ3) is 3.49. The molecule has 1 heterocycles. The van der Waals surface area contributed by atoms with Gasteiger partial charge in [0.25, 0.3) is 0 Å². The molecule has 0 amide bonds. The van der Waals surface area contributed by atoms with Crippen molar-refractivity contribution in [1.82, 2.24) is 0 Å². The Labute approximate surface area is 149 Å². The fraction of sp³-hybridized carbons (Fsp3) is 0.333. The summed E-state index contributed by atoms with van der Waals surface area (Å²) < 4.78 is 11.4. The summed E-state index contributed by atoms with van der Waals surface area (Å²) in [5, 5.41) is 11.0. The lowest BCUT2D eigenvalue weighted by Crippen LogP contribution is -2.30. The summed E-state index contributed by atoms with van der Waals surface area (Å²) in [6.45, 7) is 3.97. The van der Waals surface area contributed by atoms with Crippen molar-refractivity contribution in [2.24, 2.45) is 0 Å². The zero-order valence-corrected chi connectivity index (χ0v) is 15.4. The zero-order chi connectivity index (χ0) is 18.2. The van der Waals surface area contributed by atoms with Crippen LogP contribution in [-0.4, -0.2) is 31.9 Å². The first-order valence-electron chi connectivity index (χ1n) is 8.36. The maximum absolute atomic E-state index is 11.0. The van der Waals surface area contributed by atoms with Gasteiger partial charge >= 0.3 is 0 Å². The van der Waals surface area contributed by atoms with E-state index >= 15 is 0 Å². The van der Waals surface area contributed by atoms with Gasteiger partial charge in [0, 0.05) is 31.4 Å². The Balaban J connectivity index is 2.01. The molecule has 25 heavy (non-hydrogen) atoms. The van der Waals surface area contributed by atoms with Crippen molar-refractivity contribution in [1.29, 1.82) is 0 Å². The van der Waals surface area contributed by atoms with Gasteiger partial charge in [0.15, 0.2) is 0 Å². The predicted molar refractivity (Wildman–Crippen MR) is 101 cm³/mol. The van der Waals surface area contributed by atoms with Crippen LogP contribution in [0.4, 0.5) is 5.69 Å². The van der Waals surface area contributed by atoms with Gasteiger partial charge in [-0.3, -0.25) is 0 Å². The van der Waals surface area contributed by atoms with Crippen LogP contribution in [0.25, 0.3) is 5.57 Å². The number of methoxy groups -OCH3 is 1. The number of anilines is 1. The molecular formula is C21H25NO3. The van der Waals surface area contributed by atoms with Crippen LogP contribution >= 0.6 is 0 Å². The molecule has 1 unspecified atom stereocenters. The quantitative estimate of drug-likeness (QED) is 0.912. The molecular weight excluding hydrogens is 314 g/mol. The predicted octanol–water partition coefficient (Wildman–Crippen LogP) is 4.05. The molecule has 0 aliphatic carbocycles. The summed E-state index contributed by atoms with van der Waals surface area (Å²) in [6.07, 6.45) is 1.28. The van der Waals surface area contributed by atoms with E-state index in [2.05, 4.69) is 0 Å². The van der Waals surface area contributed by atoms with E-state index in [1.165, 1.54) is 0 Å². The number of benzene rings is 2. The largest absolute Gasteiger partial charge is 0.497 e. The molecule has 0 spiro atoms. The maximum atomic E-state index is 11.0. The van der Waals surface area contributed by atoms with E-state index in [1.807, 2.05) is 81.4 Å². The number of aliphatic hydroxyl groups is 1. The fourth-order valence-electron chi connectivity index (χ4n) is 3.08. The molecule has 2 aromatic rings. The summed E-state index contributed by atoms with van der Waals surface area (Å²) in [6, 6.07) is 13.6. The van der Waals surface area contributed by atoms with Crippen molar-refractivity contribution in [3.63, 3.8) is 0 Å². The van der Waals surface area contributed by atoms with Gasteiger partial charge in [0.2, 0.25) is 0 Å². The topological polar surface area (TPSA) is 41.9 Å². The summed E-state index contributed by atoms with van der Waals surface area (Å²) >= 11 is 0. The third-order valence-electron chi connectivity index (χ3n) is 4.40. The van der Waals surface area contributed by atoms with E-state index in [4.69, 9.17) is 9.47 Å². The Bertz CT molecular complexity index is 791. The molecule has 132 valence electrons. The molecule has 4 heteroatoms. The lowest BCUT2D eigenvalue weighted by molar-refractivity contribution is 0.152. The molecule has 1 N–H and O–H groups in total. The van der Waals surface area contributed by atoms with Gasteiger partial charge in [-0.25, -0.2) is 0 Å². The average molecular weight is 339 g/mol. The van der Waals surface area contributed by atoms with Gasteiger partial charge in [-0.2, -0.15) is 0 Å². The zero-order valence-electron chi connectivity index (χ0n) is 15.4. The van der Waals surface area contributed by atoms with Crippen LogP contribution < -0.4 is 14.4 Å². The van der Waals surface area contributed by atoms with Crippen LogP contribution in [0.2, 0.25) is 0 Å². The lowest BCUT2D eigenvalue weighted by atomic mass is 9.88. The highest BCUT2D eigenvalue weighted by Gasteiger charge is 2.30. The minimum Gasteiger partial charge on any atom is -0.497 e. The first kappa shape index (κ1) is 17.4. The number of hydrogen-bond acceptors (Lipinski definition) is 4. The van der Waals surface area contributed by atoms with Gasteiger partial charge in [0.05, 0.1) is 7.11 Å². The van der Waals surface area contributed by atoms with E-state index in [0.717, 1.165) is 33.9 Å². The molecule has 1 atom stereocenters. The second kappa shape index (κ2) is 6.45. The van der Waals surface area contributed by atoms with Gasteiger partial charge in [-0.05, 0) is 55.3 Å². The Morgan fingerprint density at radius 2 is 1.76 bits per heavy atom. The minimum atomic E-state index is -0.716. The summed E-state index contributed by atoms with van der Waals surface area (Å²) in [5.74, 6) is 1.46. The molecule has 0 bridgehead atoms. The molecule has 1 aliphatic heterocycles. The van der Waals surface area contributed by atoms with Gasteiger partial charge in [-0.15, -0.1) is 0 Å². The third-order valence-corrected chi connectivity index (χ3v) is 4.40. The number of aliphatic hydroxyl groups excluding tert-OH is 1. The number of nitrogens with zero attached hydrogens (tertiary/aromatic N) is 1. The van der Waals surface area contributed by atoms with E-state index in [0.29, 0.717) is 0 Å². The van der Waals surface area contributed by atoms with Crippen LogP contribution in [0.5, 0.6) is 11.5 Å². The van der Waals surface area contributed by atoms with Gasteiger partial charge < -0.3 is 19.5 Å². The molecule has 0 fully saturated rings. The first-order chi connectivity index (χ1) is 11.8. The molecule has 3 rings (SSSR count). The lowest BCUT2D eigenvalue weighted by Gasteiger charge is -2.33. The van der Waals surface area contributed by atoms with E-state index in [-0.39, 0.29) is 0 Å². The molecule has 0 aromatic heterocycles. The Kier molecular flexibility index (Phi) is 4.48. The smallest absolute Gasteiger partial charge is 0.131 e. The number of rotatable bonds is 4. The van der Waals surface area contributed by atoms with Crippen molar-refractivity contribution in [2.75, 3.05) is 26.1 Å². The van der Waals surface area contributed by atoms with Gasteiger partial charge in [0.1, 0.15) is 23.2 Å². The minimum absolute atomic E-state index is 0.501. The van der Waals surface area contributed by atoms with Crippen LogP contribution in [0.3, 0.4) is 0 Å². The summed E-state index contributed by atoms with van der Waals surface area (Å²) in [7, 11) is 5.63. The molecule has 2 aromatic carbocycles. The molecule has 1 aliphatic rings. The average Bonchev–Trinajstić information content (AvgIpc) is 2.59. The van der Waals surface area contributed by atoms with Crippen molar-refractivity contribution < 1.29 is 14.6 Å². The summed E-state index contributed by atoms with van der Waals surface area (Å²) in [4.78, 5) is 2.04. The first-order valence-corrected chi connectivity index (χ1v) is 8.36. The van der Waals surface area contributed by atoms with Crippen molar-refractivity contribution in [3.05, 3.63) is 59.7 Å². The normalized spacial score (nSPS) is 16.3. The fourth-order valence-corrected chi connectivity index (χ4v) is 3.08. The number of hydrogen-bond donors (Lipinski definition) is 1. The van der Waals surface area contributed by atoms with Crippen molar-refractivity contribution >= 4 is 11.3 Å². The van der Waals surface area contributed by atoms with E-state index in [1.54, 1.807) is 7.11 Å². The number of ether oxygens (including phenoxy) is 2. The second-order valence-electron chi connectivity index (χ2n) is 7.06. The molecule has 0 radical (unpaired) electrons.